The highest BCUT2D eigenvalue weighted by molar-refractivity contribution is 7.07. The number of nitrogens with zero attached hydrogens (tertiary/aromatic N) is 2. The van der Waals surface area contributed by atoms with E-state index in [1.165, 1.54) is 11.3 Å². The number of para-hydroxylation sites is 1. The Hall–Kier alpha value is -4.43. The number of carbonyl (C=O) groups excluding carboxylic acids is 1. The lowest BCUT2D eigenvalue weighted by molar-refractivity contribution is -0.139. The molecular weight excluding hydrogens is 498 g/mol. The summed E-state index contributed by atoms with van der Waals surface area (Å²) in [6.45, 7) is 3.78. The quantitative estimate of drug-likeness (QED) is 0.345. The molecule has 38 heavy (non-hydrogen) atoms. The number of H-pyrrole nitrogens is 1. The van der Waals surface area contributed by atoms with Crippen LogP contribution >= 0.6 is 11.3 Å². The third-order valence-electron chi connectivity index (χ3n) is 6.86. The molecule has 6 rings (SSSR count). The molecule has 1 aliphatic heterocycles. The van der Waals surface area contributed by atoms with Crippen molar-refractivity contribution in [3.8, 4) is 5.75 Å². The molecular formula is C30H25N3O4S. The van der Waals surface area contributed by atoms with Crippen LogP contribution in [0.15, 0.2) is 87.9 Å². The third-order valence-corrected chi connectivity index (χ3v) is 7.84. The summed E-state index contributed by atoms with van der Waals surface area (Å²) in [6, 6.07) is 18.9. The van der Waals surface area contributed by atoms with Crippen molar-refractivity contribution in [2.45, 2.75) is 19.9 Å². The Morgan fingerprint density at radius 2 is 1.82 bits per heavy atom. The Kier molecular flexibility index (Phi) is 5.96. The minimum atomic E-state index is -0.703. The van der Waals surface area contributed by atoms with Gasteiger partial charge in [-0.1, -0.05) is 59.9 Å². The van der Waals surface area contributed by atoms with Gasteiger partial charge in [0.2, 0.25) is 0 Å². The predicted octanol–water partition coefficient (Wildman–Crippen LogP) is 4.44. The van der Waals surface area contributed by atoms with Crippen LogP contribution in [0, 0.1) is 0 Å². The first-order valence-corrected chi connectivity index (χ1v) is 13.1. The van der Waals surface area contributed by atoms with Crippen LogP contribution in [0.3, 0.4) is 0 Å². The highest BCUT2D eigenvalue weighted by atomic mass is 32.1. The Balaban J connectivity index is 1.64. The molecule has 1 N–H and O–H groups in total. The van der Waals surface area contributed by atoms with Crippen molar-refractivity contribution in [3.63, 3.8) is 0 Å². The second-order valence-electron chi connectivity index (χ2n) is 8.99. The lowest BCUT2D eigenvalue weighted by Gasteiger charge is -2.26. The van der Waals surface area contributed by atoms with Crippen molar-refractivity contribution < 1.29 is 14.3 Å². The fourth-order valence-electron chi connectivity index (χ4n) is 5.15. The maximum Gasteiger partial charge on any atom is 0.338 e. The van der Waals surface area contributed by atoms with E-state index in [2.05, 4.69) is 4.98 Å². The maximum atomic E-state index is 14.0. The van der Waals surface area contributed by atoms with E-state index in [1.807, 2.05) is 72.9 Å². The van der Waals surface area contributed by atoms with Gasteiger partial charge < -0.3 is 14.5 Å². The zero-order chi connectivity index (χ0) is 26.4. The van der Waals surface area contributed by atoms with Crippen LogP contribution in [0.5, 0.6) is 5.75 Å². The molecule has 3 aromatic carbocycles. The normalized spacial score (nSPS) is 15.6. The van der Waals surface area contributed by atoms with Crippen LogP contribution in [0.25, 0.3) is 27.8 Å². The van der Waals surface area contributed by atoms with Gasteiger partial charge in [0.25, 0.3) is 5.56 Å². The van der Waals surface area contributed by atoms with Crippen molar-refractivity contribution in [2.75, 3.05) is 13.7 Å². The number of rotatable bonds is 5. The van der Waals surface area contributed by atoms with Gasteiger partial charge in [0.1, 0.15) is 5.75 Å². The summed E-state index contributed by atoms with van der Waals surface area (Å²) in [7, 11) is 1.63. The van der Waals surface area contributed by atoms with Gasteiger partial charge in [0, 0.05) is 28.0 Å². The Morgan fingerprint density at radius 3 is 2.58 bits per heavy atom. The lowest BCUT2D eigenvalue weighted by Crippen LogP contribution is -2.40. The number of nitrogens with one attached hydrogen (secondary N) is 1. The van der Waals surface area contributed by atoms with Crippen molar-refractivity contribution in [3.05, 3.63) is 109 Å². The molecule has 0 amide bonds. The molecule has 0 spiro atoms. The highest BCUT2D eigenvalue weighted by Gasteiger charge is 2.34. The monoisotopic (exact) mass is 523 g/mol. The SMILES string of the molecule is CCOC(=O)C1=C(C)N=c2s/c(=C/c3c[nH]c4ccccc34)c(=O)n2[C@@H]1c1ccc(OC)c2ccccc12. The van der Waals surface area contributed by atoms with Gasteiger partial charge >= 0.3 is 5.97 Å². The topological polar surface area (TPSA) is 85.7 Å². The van der Waals surface area contributed by atoms with Gasteiger partial charge in [-0.15, -0.1) is 0 Å². The number of allylic oxidation sites excluding steroid dienone is 1. The molecule has 5 aromatic rings. The van der Waals surface area contributed by atoms with Gasteiger partial charge in [-0.25, -0.2) is 9.79 Å². The Bertz CT molecular complexity index is 1940. The summed E-state index contributed by atoms with van der Waals surface area (Å²) in [5, 5.41) is 2.81. The Labute approximate surface area is 222 Å². The number of ether oxygens (including phenoxy) is 2. The molecule has 0 radical (unpaired) electrons. The maximum absolute atomic E-state index is 14.0. The van der Waals surface area contributed by atoms with E-state index in [1.54, 1.807) is 25.5 Å². The first-order valence-electron chi connectivity index (χ1n) is 12.3. The molecule has 0 fully saturated rings. The van der Waals surface area contributed by atoms with Crippen LogP contribution in [-0.2, 0) is 9.53 Å². The third kappa shape index (κ3) is 3.76. The zero-order valence-corrected chi connectivity index (χ0v) is 22.0. The molecule has 1 aliphatic rings. The molecule has 8 heteroatoms. The second-order valence-corrected chi connectivity index (χ2v) is 10.0. The van der Waals surface area contributed by atoms with Gasteiger partial charge in [-0.2, -0.15) is 0 Å². The predicted molar refractivity (Wildman–Crippen MR) is 149 cm³/mol. The number of benzene rings is 3. The molecule has 1 atom stereocenters. The van der Waals surface area contributed by atoms with Crippen molar-refractivity contribution in [1.29, 1.82) is 0 Å². The molecule has 0 unspecified atom stereocenters. The van der Waals surface area contributed by atoms with E-state index in [4.69, 9.17) is 14.5 Å². The lowest BCUT2D eigenvalue weighted by atomic mass is 9.91. The van der Waals surface area contributed by atoms with E-state index in [-0.39, 0.29) is 12.2 Å². The van der Waals surface area contributed by atoms with Gasteiger partial charge in [0.15, 0.2) is 4.80 Å². The minimum absolute atomic E-state index is 0.210. The zero-order valence-electron chi connectivity index (χ0n) is 21.1. The fourth-order valence-corrected chi connectivity index (χ4v) is 6.19. The largest absolute Gasteiger partial charge is 0.496 e. The highest BCUT2D eigenvalue weighted by Crippen LogP contribution is 2.37. The Morgan fingerprint density at radius 1 is 1.08 bits per heavy atom. The number of esters is 1. The molecule has 7 nitrogen and oxygen atoms in total. The van der Waals surface area contributed by atoms with E-state index in [9.17, 15) is 9.59 Å². The molecule has 0 saturated heterocycles. The number of aromatic amines is 1. The molecule has 3 heterocycles. The number of hydrogen-bond acceptors (Lipinski definition) is 6. The summed E-state index contributed by atoms with van der Waals surface area (Å²) in [6.07, 6.45) is 3.78. The molecule has 0 bridgehead atoms. The smallest absolute Gasteiger partial charge is 0.338 e. The van der Waals surface area contributed by atoms with Crippen molar-refractivity contribution in [2.24, 2.45) is 4.99 Å². The number of fused-ring (bicyclic) bond motifs is 3. The van der Waals surface area contributed by atoms with E-state index in [0.29, 0.717) is 20.6 Å². The number of hydrogen-bond donors (Lipinski definition) is 1. The average Bonchev–Trinajstić information content (AvgIpc) is 3.48. The van der Waals surface area contributed by atoms with Crippen molar-refractivity contribution >= 4 is 45.1 Å². The first-order chi connectivity index (χ1) is 18.5. The van der Waals surface area contributed by atoms with Gasteiger partial charge in [0.05, 0.1) is 35.6 Å². The first kappa shape index (κ1) is 23.9. The summed E-state index contributed by atoms with van der Waals surface area (Å²) in [4.78, 5) is 35.8. The molecule has 190 valence electrons. The van der Waals surface area contributed by atoms with Crippen molar-refractivity contribution in [1.82, 2.24) is 9.55 Å². The molecule has 0 aliphatic carbocycles. The summed E-state index contributed by atoms with van der Waals surface area (Å²) in [5.41, 5.74) is 3.39. The molecule has 0 saturated carbocycles. The summed E-state index contributed by atoms with van der Waals surface area (Å²) < 4.78 is 13.2. The van der Waals surface area contributed by atoms with E-state index in [0.717, 1.165) is 38.6 Å². The van der Waals surface area contributed by atoms with Crippen LogP contribution < -0.4 is 19.6 Å². The molecule has 2 aromatic heterocycles. The fraction of sp³-hybridized carbons (Fsp3) is 0.167. The van der Waals surface area contributed by atoms with E-state index < -0.39 is 12.0 Å². The van der Waals surface area contributed by atoms with Gasteiger partial charge in [-0.3, -0.25) is 9.36 Å². The van der Waals surface area contributed by atoms with Crippen LogP contribution in [0.4, 0.5) is 0 Å². The van der Waals surface area contributed by atoms with Crippen LogP contribution in [0.1, 0.15) is 31.0 Å². The second kappa shape index (κ2) is 9.46. The number of carbonyl (C=O) groups is 1. The average molecular weight is 524 g/mol. The van der Waals surface area contributed by atoms with Crippen LogP contribution in [0.2, 0.25) is 0 Å². The summed E-state index contributed by atoms with van der Waals surface area (Å²) >= 11 is 1.31. The van der Waals surface area contributed by atoms with Gasteiger partial charge in [-0.05, 0) is 43.0 Å². The standard InChI is InChI=1S/C30H25N3O4S/c1-4-37-29(35)26-17(2)32-30-33(27(26)22-13-14-24(36-3)21-11-6-5-10-20(21)22)28(34)25(38-30)15-18-16-31-23-12-8-7-9-19(18)23/h5-16,27,31H,4H2,1-3H3/b25-15+/t27-/m1/s1. The number of methoxy groups -OCH3 is 1. The number of aromatic nitrogens is 2. The van der Waals surface area contributed by atoms with E-state index >= 15 is 0 Å². The minimum Gasteiger partial charge on any atom is -0.496 e. The van der Waals surface area contributed by atoms with Crippen LogP contribution in [-0.4, -0.2) is 29.2 Å². The number of thiazole rings is 1. The summed E-state index contributed by atoms with van der Waals surface area (Å²) in [5.74, 6) is 0.235.